The number of carbonyl (C=O) groups is 1. The summed E-state index contributed by atoms with van der Waals surface area (Å²) < 4.78 is 16.9. The number of benzene rings is 2. The molecule has 0 saturated heterocycles. The maximum Gasteiger partial charge on any atom is 0.226 e. The minimum Gasteiger partial charge on any atom is -0.492 e. The first-order valence-corrected chi connectivity index (χ1v) is 10.1. The van der Waals surface area contributed by atoms with Gasteiger partial charge < -0.3 is 19.5 Å². The van der Waals surface area contributed by atoms with Gasteiger partial charge in [-0.3, -0.25) is 4.79 Å². The molecule has 1 aliphatic heterocycles. The van der Waals surface area contributed by atoms with Crippen molar-refractivity contribution in [2.45, 2.75) is 26.7 Å². The third-order valence-corrected chi connectivity index (χ3v) is 4.86. The Bertz CT molecular complexity index is 824. The largest absolute Gasteiger partial charge is 0.492 e. The van der Waals surface area contributed by atoms with Gasteiger partial charge in [0, 0.05) is 11.6 Å². The molecule has 0 aliphatic carbocycles. The molecule has 28 heavy (non-hydrogen) atoms. The standard InChI is InChI=1S/C22H26ClNO4/c1-3-26-20-7-5-15(11-21(20)27-4-2)9-10-24-22(25)17-12-16-13-18(23)6-8-19(16)28-14-17/h5-8,11,13,17H,3-4,9-10,12,14H2,1-2H3,(H,24,25)/t17-/m1/s1. The molecule has 0 radical (unpaired) electrons. The van der Waals surface area contributed by atoms with Crippen molar-refractivity contribution in [2.75, 3.05) is 26.4 Å². The van der Waals surface area contributed by atoms with E-state index in [4.69, 9.17) is 25.8 Å². The van der Waals surface area contributed by atoms with Gasteiger partial charge in [0.2, 0.25) is 5.91 Å². The van der Waals surface area contributed by atoms with Crippen LogP contribution < -0.4 is 19.5 Å². The van der Waals surface area contributed by atoms with Gasteiger partial charge in [0.1, 0.15) is 12.4 Å². The molecule has 1 amide bonds. The van der Waals surface area contributed by atoms with Crippen molar-refractivity contribution in [1.82, 2.24) is 5.32 Å². The first kappa shape index (κ1) is 20.3. The third kappa shape index (κ3) is 5.10. The topological polar surface area (TPSA) is 56.8 Å². The molecule has 0 aromatic heterocycles. The van der Waals surface area contributed by atoms with Crippen molar-refractivity contribution >= 4 is 17.5 Å². The van der Waals surface area contributed by atoms with Crippen LogP contribution in [0.3, 0.4) is 0 Å². The van der Waals surface area contributed by atoms with Crippen molar-refractivity contribution in [3.8, 4) is 17.2 Å². The summed E-state index contributed by atoms with van der Waals surface area (Å²) in [5.74, 6) is 2.09. The van der Waals surface area contributed by atoms with Gasteiger partial charge in [0.05, 0.1) is 19.1 Å². The Morgan fingerprint density at radius 3 is 2.71 bits per heavy atom. The molecule has 6 heteroatoms. The summed E-state index contributed by atoms with van der Waals surface area (Å²) in [6, 6.07) is 11.4. The fourth-order valence-electron chi connectivity index (χ4n) is 3.26. The van der Waals surface area contributed by atoms with Crippen molar-refractivity contribution in [2.24, 2.45) is 5.92 Å². The van der Waals surface area contributed by atoms with Crippen LogP contribution in [0.1, 0.15) is 25.0 Å². The molecule has 1 atom stereocenters. The van der Waals surface area contributed by atoms with Gasteiger partial charge in [-0.05, 0) is 68.1 Å². The van der Waals surface area contributed by atoms with Gasteiger partial charge in [-0.1, -0.05) is 17.7 Å². The SMILES string of the molecule is CCOc1ccc(CCNC(=O)[C@H]2COc3ccc(Cl)cc3C2)cc1OCC. The Kier molecular flexibility index (Phi) is 7.04. The zero-order valence-electron chi connectivity index (χ0n) is 16.3. The summed E-state index contributed by atoms with van der Waals surface area (Å²) in [7, 11) is 0. The van der Waals surface area contributed by atoms with Gasteiger partial charge in [0.15, 0.2) is 11.5 Å². The van der Waals surface area contributed by atoms with Gasteiger partial charge in [-0.25, -0.2) is 0 Å². The minimum absolute atomic E-state index is 0.00148. The van der Waals surface area contributed by atoms with E-state index in [2.05, 4.69) is 5.32 Å². The Hall–Kier alpha value is -2.40. The number of fused-ring (bicyclic) bond motifs is 1. The van der Waals surface area contributed by atoms with E-state index in [-0.39, 0.29) is 11.8 Å². The van der Waals surface area contributed by atoms with Crippen molar-refractivity contribution in [3.05, 3.63) is 52.5 Å². The average Bonchev–Trinajstić information content (AvgIpc) is 2.69. The zero-order valence-corrected chi connectivity index (χ0v) is 17.1. The third-order valence-electron chi connectivity index (χ3n) is 4.62. The monoisotopic (exact) mass is 403 g/mol. The highest BCUT2D eigenvalue weighted by Crippen LogP contribution is 2.30. The Balaban J connectivity index is 1.53. The molecule has 2 aromatic carbocycles. The van der Waals surface area contributed by atoms with Crippen LogP contribution in [0, 0.1) is 5.92 Å². The van der Waals surface area contributed by atoms with E-state index in [1.54, 1.807) is 6.07 Å². The van der Waals surface area contributed by atoms with Crippen LogP contribution in [0.5, 0.6) is 17.2 Å². The fourth-order valence-corrected chi connectivity index (χ4v) is 3.45. The summed E-state index contributed by atoms with van der Waals surface area (Å²) in [4.78, 5) is 12.5. The molecule has 3 rings (SSSR count). The maximum absolute atomic E-state index is 12.5. The van der Waals surface area contributed by atoms with Crippen molar-refractivity contribution < 1.29 is 19.0 Å². The highest BCUT2D eigenvalue weighted by atomic mass is 35.5. The quantitative estimate of drug-likeness (QED) is 0.722. The predicted octanol–water partition coefficient (Wildman–Crippen LogP) is 4.05. The van der Waals surface area contributed by atoms with Gasteiger partial charge in [0.25, 0.3) is 0 Å². The van der Waals surface area contributed by atoms with E-state index >= 15 is 0 Å². The van der Waals surface area contributed by atoms with Crippen LogP contribution >= 0.6 is 11.6 Å². The lowest BCUT2D eigenvalue weighted by molar-refractivity contribution is -0.126. The summed E-state index contributed by atoms with van der Waals surface area (Å²) in [6.07, 6.45) is 1.35. The summed E-state index contributed by atoms with van der Waals surface area (Å²) in [5, 5.41) is 3.67. The number of amides is 1. The normalized spacial score (nSPS) is 15.3. The van der Waals surface area contributed by atoms with E-state index < -0.39 is 0 Å². The summed E-state index contributed by atoms with van der Waals surface area (Å²) in [5.41, 5.74) is 2.07. The maximum atomic E-state index is 12.5. The van der Waals surface area contributed by atoms with E-state index in [0.717, 1.165) is 28.4 Å². The first-order valence-electron chi connectivity index (χ1n) is 9.68. The Morgan fingerprint density at radius 2 is 1.93 bits per heavy atom. The highest BCUT2D eigenvalue weighted by molar-refractivity contribution is 6.30. The van der Waals surface area contributed by atoms with Gasteiger partial charge in [-0.2, -0.15) is 0 Å². The first-order chi connectivity index (χ1) is 13.6. The van der Waals surface area contributed by atoms with E-state index in [1.165, 1.54) is 0 Å². The van der Waals surface area contributed by atoms with E-state index in [0.29, 0.717) is 44.2 Å². The van der Waals surface area contributed by atoms with E-state index in [1.807, 2.05) is 44.2 Å². The predicted molar refractivity (Wildman–Crippen MR) is 110 cm³/mol. The molecule has 150 valence electrons. The summed E-state index contributed by atoms with van der Waals surface area (Å²) in [6.45, 7) is 6.00. The second-order valence-corrected chi connectivity index (χ2v) is 7.09. The van der Waals surface area contributed by atoms with Crippen LogP contribution in [0.2, 0.25) is 5.02 Å². The fraction of sp³-hybridized carbons (Fsp3) is 0.409. The summed E-state index contributed by atoms with van der Waals surface area (Å²) >= 11 is 6.05. The molecule has 0 bridgehead atoms. The van der Waals surface area contributed by atoms with Crippen LogP contribution in [0.25, 0.3) is 0 Å². The molecule has 0 unspecified atom stereocenters. The molecule has 0 fully saturated rings. The zero-order chi connectivity index (χ0) is 19.9. The Labute approximate surface area is 170 Å². The van der Waals surface area contributed by atoms with Crippen molar-refractivity contribution in [3.63, 3.8) is 0 Å². The molecular weight excluding hydrogens is 378 g/mol. The Morgan fingerprint density at radius 1 is 1.14 bits per heavy atom. The highest BCUT2D eigenvalue weighted by Gasteiger charge is 2.25. The minimum atomic E-state index is -0.203. The lowest BCUT2D eigenvalue weighted by Crippen LogP contribution is -2.38. The van der Waals surface area contributed by atoms with Crippen LogP contribution in [0.15, 0.2) is 36.4 Å². The molecule has 0 saturated carbocycles. The van der Waals surface area contributed by atoms with Crippen LogP contribution in [0.4, 0.5) is 0 Å². The van der Waals surface area contributed by atoms with Crippen LogP contribution in [-0.2, 0) is 17.6 Å². The lowest BCUT2D eigenvalue weighted by atomic mass is 9.96. The van der Waals surface area contributed by atoms with E-state index in [9.17, 15) is 4.79 Å². The van der Waals surface area contributed by atoms with Gasteiger partial charge in [-0.15, -0.1) is 0 Å². The lowest BCUT2D eigenvalue weighted by Gasteiger charge is -2.24. The number of rotatable bonds is 8. The molecular formula is C22H26ClNO4. The molecule has 2 aromatic rings. The second kappa shape index (κ2) is 9.69. The number of hydrogen-bond acceptors (Lipinski definition) is 4. The number of carbonyl (C=O) groups excluding carboxylic acids is 1. The van der Waals surface area contributed by atoms with Gasteiger partial charge >= 0.3 is 0 Å². The number of ether oxygens (including phenoxy) is 3. The molecule has 1 heterocycles. The number of hydrogen-bond donors (Lipinski definition) is 1. The van der Waals surface area contributed by atoms with Crippen molar-refractivity contribution in [1.29, 1.82) is 0 Å². The molecule has 5 nitrogen and oxygen atoms in total. The number of nitrogens with one attached hydrogen (secondary N) is 1. The van der Waals surface area contributed by atoms with Crippen LogP contribution in [-0.4, -0.2) is 32.3 Å². The average molecular weight is 404 g/mol. The molecule has 1 N–H and O–H groups in total. The number of halogens is 1. The molecule has 1 aliphatic rings. The second-order valence-electron chi connectivity index (χ2n) is 6.65. The molecule has 0 spiro atoms. The smallest absolute Gasteiger partial charge is 0.226 e.